The number of ether oxygens (including phenoxy) is 1. The molecule has 1 aliphatic rings. The van der Waals surface area contributed by atoms with Gasteiger partial charge in [0.05, 0.1) is 18.2 Å². The average Bonchev–Trinajstić information content (AvgIpc) is 2.72. The Balaban J connectivity index is 1.38. The van der Waals surface area contributed by atoms with Crippen LogP contribution in [-0.4, -0.2) is 30.5 Å². The molecule has 4 heteroatoms. The Morgan fingerprint density at radius 3 is 2.42 bits per heavy atom. The molecule has 3 rings (SSSR count). The summed E-state index contributed by atoms with van der Waals surface area (Å²) in [7, 11) is 0. The van der Waals surface area contributed by atoms with Crippen LogP contribution in [0.5, 0.6) is 5.75 Å². The molecule has 0 aromatic heterocycles. The number of nitriles is 1. The summed E-state index contributed by atoms with van der Waals surface area (Å²) in [6.07, 6.45) is 3.24. The third kappa shape index (κ3) is 5.10. The van der Waals surface area contributed by atoms with Gasteiger partial charge in [0.15, 0.2) is 0 Å². The minimum Gasteiger partial charge on any atom is -0.493 e. The highest BCUT2D eigenvalue weighted by Gasteiger charge is 2.23. The van der Waals surface area contributed by atoms with Gasteiger partial charge in [-0.05, 0) is 55.0 Å². The summed E-state index contributed by atoms with van der Waals surface area (Å²) in [6, 6.07) is 19.5. The number of carbonyl (C=O) groups is 1. The van der Waals surface area contributed by atoms with E-state index in [0.29, 0.717) is 17.9 Å². The quantitative estimate of drug-likeness (QED) is 0.798. The third-order valence-corrected chi connectivity index (χ3v) is 4.91. The van der Waals surface area contributed by atoms with Crippen molar-refractivity contribution in [2.24, 2.45) is 5.92 Å². The lowest BCUT2D eigenvalue weighted by Gasteiger charge is -2.32. The second-order valence-electron chi connectivity index (χ2n) is 6.76. The first-order chi connectivity index (χ1) is 12.7. The first-order valence-corrected chi connectivity index (χ1v) is 9.19. The Kier molecular flexibility index (Phi) is 6.27. The number of hydrogen-bond donors (Lipinski definition) is 0. The highest BCUT2D eigenvalue weighted by molar-refractivity contribution is 5.76. The Bertz CT molecular complexity index is 742. The average molecular weight is 348 g/mol. The lowest BCUT2D eigenvalue weighted by atomic mass is 9.97. The minimum atomic E-state index is 0.219. The predicted molar refractivity (Wildman–Crippen MR) is 101 cm³/mol. The van der Waals surface area contributed by atoms with Crippen molar-refractivity contribution in [3.05, 3.63) is 65.7 Å². The Labute approximate surface area is 155 Å². The number of nitrogens with zero attached hydrogens (tertiary/aromatic N) is 2. The maximum absolute atomic E-state index is 12.4. The summed E-state index contributed by atoms with van der Waals surface area (Å²) < 4.78 is 5.84. The molecule has 134 valence electrons. The maximum atomic E-state index is 12.4. The fourth-order valence-electron chi connectivity index (χ4n) is 3.24. The normalized spacial score (nSPS) is 14.7. The van der Waals surface area contributed by atoms with E-state index in [1.807, 2.05) is 47.4 Å². The molecule has 1 saturated heterocycles. The largest absolute Gasteiger partial charge is 0.493 e. The summed E-state index contributed by atoms with van der Waals surface area (Å²) in [5.74, 6) is 1.64. The molecular weight excluding hydrogens is 324 g/mol. The van der Waals surface area contributed by atoms with Crippen LogP contribution in [0.2, 0.25) is 0 Å². The molecule has 0 spiro atoms. The number of rotatable bonds is 6. The lowest BCUT2D eigenvalue weighted by Crippen LogP contribution is -2.39. The zero-order valence-electron chi connectivity index (χ0n) is 14.9. The molecule has 0 unspecified atom stereocenters. The number of likely N-dealkylation sites (tertiary alicyclic amines) is 1. The van der Waals surface area contributed by atoms with Gasteiger partial charge in [0, 0.05) is 19.5 Å². The molecular formula is C22H24N2O2. The van der Waals surface area contributed by atoms with Crippen molar-refractivity contribution < 1.29 is 9.53 Å². The van der Waals surface area contributed by atoms with Gasteiger partial charge in [-0.2, -0.15) is 5.26 Å². The molecule has 0 aliphatic carbocycles. The van der Waals surface area contributed by atoms with E-state index in [1.54, 1.807) is 12.1 Å². The van der Waals surface area contributed by atoms with Gasteiger partial charge in [0.25, 0.3) is 0 Å². The minimum absolute atomic E-state index is 0.219. The van der Waals surface area contributed by atoms with Crippen molar-refractivity contribution in [3.63, 3.8) is 0 Å². The van der Waals surface area contributed by atoms with Crippen LogP contribution in [0.4, 0.5) is 0 Å². The van der Waals surface area contributed by atoms with Gasteiger partial charge in [-0.15, -0.1) is 0 Å². The van der Waals surface area contributed by atoms with Gasteiger partial charge in [0.1, 0.15) is 5.75 Å². The summed E-state index contributed by atoms with van der Waals surface area (Å²) in [4.78, 5) is 14.4. The van der Waals surface area contributed by atoms with Gasteiger partial charge >= 0.3 is 0 Å². The zero-order valence-corrected chi connectivity index (χ0v) is 14.9. The van der Waals surface area contributed by atoms with E-state index in [1.165, 1.54) is 0 Å². The lowest BCUT2D eigenvalue weighted by molar-refractivity contribution is -0.132. The van der Waals surface area contributed by atoms with Gasteiger partial charge in [-0.1, -0.05) is 30.3 Å². The second kappa shape index (κ2) is 9.05. The number of piperidine rings is 1. The Hall–Kier alpha value is -2.80. The highest BCUT2D eigenvalue weighted by atomic mass is 16.5. The highest BCUT2D eigenvalue weighted by Crippen LogP contribution is 2.20. The van der Waals surface area contributed by atoms with Crippen LogP contribution < -0.4 is 4.74 Å². The van der Waals surface area contributed by atoms with E-state index in [4.69, 9.17) is 10.00 Å². The molecule has 2 aromatic rings. The number of carbonyl (C=O) groups excluding carboxylic acids is 1. The molecule has 0 atom stereocenters. The van der Waals surface area contributed by atoms with Crippen molar-refractivity contribution >= 4 is 5.91 Å². The summed E-state index contributed by atoms with van der Waals surface area (Å²) >= 11 is 0. The molecule has 1 fully saturated rings. The van der Waals surface area contributed by atoms with Crippen LogP contribution in [0.25, 0.3) is 0 Å². The number of benzene rings is 2. The van der Waals surface area contributed by atoms with Crippen molar-refractivity contribution in [2.45, 2.75) is 25.7 Å². The molecule has 1 heterocycles. The summed E-state index contributed by atoms with van der Waals surface area (Å²) in [5.41, 5.74) is 1.75. The Morgan fingerprint density at radius 1 is 1.08 bits per heavy atom. The fraction of sp³-hybridized carbons (Fsp3) is 0.364. The molecule has 26 heavy (non-hydrogen) atoms. The molecule has 0 saturated carbocycles. The molecule has 0 radical (unpaired) electrons. The van der Waals surface area contributed by atoms with Gasteiger partial charge in [-0.3, -0.25) is 4.79 Å². The van der Waals surface area contributed by atoms with Gasteiger partial charge < -0.3 is 9.64 Å². The fourth-order valence-corrected chi connectivity index (χ4v) is 3.24. The predicted octanol–water partition coefficient (Wildman–Crippen LogP) is 3.81. The monoisotopic (exact) mass is 348 g/mol. The number of para-hydroxylation sites is 1. The third-order valence-electron chi connectivity index (χ3n) is 4.91. The van der Waals surface area contributed by atoms with Crippen molar-refractivity contribution in [2.75, 3.05) is 19.7 Å². The molecule has 0 N–H and O–H groups in total. The molecule has 2 aromatic carbocycles. The Morgan fingerprint density at radius 2 is 1.77 bits per heavy atom. The SMILES string of the molecule is N#Cc1ccc(CCC(=O)N2CCC(COc3ccccc3)CC2)cc1. The molecule has 0 bridgehead atoms. The number of hydrogen-bond acceptors (Lipinski definition) is 3. The van der Waals surface area contributed by atoms with E-state index in [9.17, 15) is 4.79 Å². The standard InChI is InChI=1S/C22H24N2O2/c23-16-19-8-6-18(7-9-19)10-11-22(25)24-14-12-20(13-15-24)17-26-21-4-2-1-3-5-21/h1-9,20H,10-15,17H2. The zero-order chi connectivity index (χ0) is 18.2. The van der Waals surface area contributed by atoms with Crippen molar-refractivity contribution in [1.29, 1.82) is 5.26 Å². The van der Waals surface area contributed by atoms with Crippen molar-refractivity contribution in [1.82, 2.24) is 4.90 Å². The number of aryl methyl sites for hydroxylation is 1. The van der Waals surface area contributed by atoms with E-state index in [2.05, 4.69) is 6.07 Å². The smallest absolute Gasteiger partial charge is 0.222 e. The van der Waals surface area contributed by atoms with Crippen LogP contribution in [-0.2, 0) is 11.2 Å². The second-order valence-corrected chi connectivity index (χ2v) is 6.76. The first kappa shape index (κ1) is 18.0. The van der Waals surface area contributed by atoms with Crippen LogP contribution in [0.3, 0.4) is 0 Å². The van der Waals surface area contributed by atoms with Crippen molar-refractivity contribution in [3.8, 4) is 11.8 Å². The van der Waals surface area contributed by atoms with E-state index >= 15 is 0 Å². The first-order valence-electron chi connectivity index (χ1n) is 9.19. The van der Waals surface area contributed by atoms with Crippen LogP contribution in [0.1, 0.15) is 30.4 Å². The number of amides is 1. The molecule has 4 nitrogen and oxygen atoms in total. The van der Waals surface area contributed by atoms with Crippen LogP contribution in [0.15, 0.2) is 54.6 Å². The molecule has 1 amide bonds. The van der Waals surface area contributed by atoms with Gasteiger partial charge in [0.2, 0.25) is 5.91 Å². The molecule has 1 aliphatic heterocycles. The summed E-state index contributed by atoms with van der Waals surface area (Å²) in [6.45, 7) is 2.35. The van der Waals surface area contributed by atoms with Crippen LogP contribution in [0, 0.1) is 17.2 Å². The van der Waals surface area contributed by atoms with E-state index in [0.717, 1.165) is 50.3 Å². The van der Waals surface area contributed by atoms with Gasteiger partial charge in [-0.25, -0.2) is 0 Å². The maximum Gasteiger partial charge on any atom is 0.222 e. The van der Waals surface area contributed by atoms with Crippen LogP contribution >= 0.6 is 0 Å². The topological polar surface area (TPSA) is 53.3 Å². The summed E-state index contributed by atoms with van der Waals surface area (Å²) in [5, 5.41) is 8.82. The van der Waals surface area contributed by atoms with E-state index in [-0.39, 0.29) is 5.91 Å². The van der Waals surface area contributed by atoms with E-state index < -0.39 is 0 Å².